The van der Waals surface area contributed by atoms with Crippen LogP contribution in [0.2, 0.25) is 0 Å². The van der Waals surface area contributed by atoms with Gasteiger partial charge < -0.3 is 40.1 Å². The Kier molecular flexibility index (Phi) is 9.84. The van der Waals surface area contributed by atoms with Gasteiger partial charge in [0, 0.05) is 53.8 Å². The fraction of sp³-hybridized carbons (Fsp3) is 0.206. The zero-order valence-electron chi connectivity index (χ0n) is 25.3. The molecule has 1 unspecified atom stereocenters. The summed E-state index contributed by atoms with van der Waals surface area (Å²) in [6.07, 6.45) is 0.670. The quantitative estimate of drug-likeness (QED) is 0.0707. The molecule has 2 aliphatic rings. The molecule has 2 amide bonds. The third kappa shape index (κ3) is 6.88. The lowest BCUT2D eigenvalue weighted by Crippen LogP contribution is -2.36. The van der Waals surface area contributed by atoms with Crippen LogP contribution in [0.5, 0.6) is 23.0 Å². The molecule has 250 valence electrons. The number of amides is 2. The zero-order valence-corrected chi connectivity index (χ0v) is 27.0. The Balaban J connectivity index is 0.00000451. The molecular formula is C34H32ClN2O10P. The normalized spacial score (nSPS) is 14.3. The Morgan fingerprint density at radius 1 is 0.792 bits per heavy atom. The molecule has 0 saturated carbocycles. The van der Waals surface area contributed by atoms with Gasteiger partial charge in [0.2, 0.25) is 11.8 Å². The lowest BCUT2D eigenvalue weighted by molar-refractivity contribution is -0.122. The smallest absolute Gasteiger partial charge is 0.347 e. The molecular weight excluding hydrogens is 663 g/mol. The third-order valence-electron chi connectivity index (χ3n) is 8.12. The summed E-state index contributed by atoms with van der Waals surface area (Å²) in [5.41, 5.74) is 1.29. The van der Waals surface area contributed by atoms with Gasteiger partial charge in [0.1, 0.15) is 28.8 Å². The van der Waals surface area contributed by atoms with Crippen molar-refractivity contribution in [3.8, 4) is 23.0 Å². The predicted molar refractivity (Wildman–Crippen MR) is 176 cm³/mol. The minimum Gasteiger partial charge on any atom is -0.508 e. The maximum absolute atomic E-state index is 13.3. The Hall–Kier alpha value is -4.87. The van der Waals surface area contributed by atoms with E-state index in [2.05, 4.69) is 10.6 Å². The number of rotatable bonds is 10. The first-order valence-electron chi connectivity index (χ1n) is 14.8. The highest BCUT2D eigenvalue weighted by atomic mass is 35.5. The van der Waals surface area contributed by atoms with E-state index in [1.807, 2.05) is 0 Å². The topological polar surface area (TPSA) is 192 Å². The predicted octanol–water partition coefficient (Wildman–Crippen LogP) is 5.45. The number of carbonyl (C=O) groups excluding carboxylic acids is 3. The first-order valence-corrected chi connectivity index (χ1v) is 16.5. The summed E-state index contributed by atoms with van der Waals surface area (Å²) < 4.78 is 23.9. The lowest BCUT2D eigenvalue weighted by Gasteiger charge is -2.36. The number of ether oxygens (including phenoxy) is 2. The number of carbonyl (C=O) groups is 3. The Morgan fingerprint density at radius 2 is 1.38 bits per heavy atom. The molecule has 48 heavy (non-hydrogen) atoms. The summed E-state index contributed by atoms with van der Waals surface area (Å²) in [7, 11) is -4.60. The van der Waals surface area contributed by atoms with Crippen molar-refractivity contribution < 1.29 is 48.4 Å². The second-order valence-electron chi connectivity index (χ2n) is 11.4. The number of benzene rings is 4. The first kappa shape index (κ1) is 34.5. The molecule has 0 fully saturated rings. The van der Waals surface area contributed by atoms with Gasteiger partial charge in [-0.2, -0.15) is 0 Å². The van der Waals surface area contributed by atoms with Gasteiger partial charge in [0.25, 0.3) is 0 Å². The number of unbranched alkanes of at least 4 members (excludes halogenated alkanes) is 1. The minimum absolute atomic E-state index is 0. The average molecular weight is 695 g/mol. The van der Waals surface area contributed by atoms with E-state index >= 15 is 0 Å². The highest BCUT2D eigenvalue weighted by Gasteiger charge is 2.53. The van der Waals surface area contributed by atoms with Gasteiger partial charge >= 0.3 is 13.6 Å². The van der Waals surface area contributed by atoms with Crippen LogP contribution in [0.3, 0.4) is 0 Å². The molecule has 0 aromatic heterocycles. The summed E-state index contributed by atoms with van der Waals surface area (Å²) in [4.78, 5) is 57.9. The summed E-state index contributed by atoms with van der Waals surface area (Å²) in [6.45, 7) is 0. The number of phenols is 2. The van der Waals surface area contributed by atoms with E-state index in [1.165, 1.54) is 30.3 Å². The van der Waals surface area contributed by atoms with E-state index < -0.39 is 30.9 Å². The Morgan fingerprint density at radius 3 is 1.98 bits per heavy atom. The van der Waals surface area contributed by atoms with Gasteiger partial charge in [-0.15, -0.1) is 12.4 Å². The largest absolute Gasteiger partial charge is 0.508 e. The zero-order chi connectivity index (χ0) is 33.3. The van der Waals surface area contributed by atoms with Crippen molar-refractivity contribution in [1.29, 1.82) is 0 Å². The Labute approximate surface area is 281 Å². The number of phenolic OH excluding ortho intramolecular Hbond substituents is 2. The van der Waals surface area contributed by atoms with Crippen LogP contribution in [0, 0.1) is 0 Å². The molecule has 0 saturated heterocycles. The van der Waals surface area contributed by atoms with Gasteiger partial charge in [0.15, 0.2) is 5.60 Å². The molecule has 4 aromatic rings. The van der Waals surface area contributed by atoms with Crippen molar-refractivity contribution in [2.75, 3.05) is 5.32 Å². The number of hydrogen-bond donors (Lipinski definition) is 6. The highest BCUT2D eigenvalue weighted by molar-refractivity contribution is 7.52. The fourth-order valence-electron chi connectivity index (χ4n) is 5.93. The van der Waals surface area contributed by atoms with Crippen molar-refractivity contribution in [2.24, 2.45) is 0 Å². The second-order valence-corrected chi connectivity index (χ2v) is 13.2. The van der Waals surface area contributed by atoms with Crippen molar-refractivity contribution in [2.45, 2.75) is 43.5 Å². The summed E-state index contributed by atoms with van der Waals surface area (Å²) in [5.74, 6) is -2.47. The molecule has 0 radical (unpaired) electrons. The Bertz CT molecular complexity index is 1880. The van der Waals surface area contributed by atoms with E-state index in [9.17, 15) is 38.9 Å². The van der Waals surface area contributed by atoms with Gasteiger partial charge in [-0.1, -0.05) is 36.4 Å². The fourth-order valence-corrected chi connectivity index (χ4v) is 6.69. The molecule has 0 aliphatic carbocycles. The number of hydrogen-bond acceptors (Lipinski definition) is 8. The summed E-state index contributed by atoms with van der Waals surface area (Å²) in [5, 5.41) is 25.4. The van der Waals surface area contributed by atoms with Crippen molar-refractivity contribution >= 4 is 43.5 Å². The molecule has 14 heteroatoms. The second kappa shape index (κ2) is 13.7. The highest BCUT2D eigenvalue weighted by Crippen LogP contribution is 2.57. The number of fused-ring (bicyclic) bond motifs is 6. The van der Waals surface area contributed by atoms with Crippen molar-refractivity contribution in [1.82, 2.24) is 5.32 Å². The average Bonchev–Trinajstić information content (AvgIpc) is 3.30. The molecule has 12 nitrogen and oxygen atoms in total. The minimum atomic E-state index is -4.60. The number of nitrogens with one attached hydrogen (secondary N) is 2. The maximum atomic E-state index is 13.3. The van der Waals surface area contributed by atoms with Crippen molar-refractivity contribution in [3.63, 3.8) is 0 Å². The molecule has 6 rings (SSSR count). The molecule has 4 aromatic carbocycles. The molecule has 2 aliphatic heterocycles. The monoisotopic (exact) mass is 694 g/mol. The van der Waals surface area contributed by atoms with E-state index in [-0.39, 0.29) is 66.1 Å². The van der Waals surface area contributed by atoms with Crippen LogP contribution in [0.15, 0.2) is 84.9 Å². The van der Waals surface area contributed by atoms with E-state index in [0.717, 1.165) is 0 Å². The molecule has 2 heterocycles. The summed E-state index contributed by atoms with van der Waals surface area (Å²) in [6, 6.07) is 22.5. The van der Waals surface area contributed by atoms with Gasteiger partial charge in [-0.25, -0.2) is 4.79 Å². The number of halogens is 1. The van der Waals surface area contributed by atoms with Crippen LogP contribution in [0.4, 0.5) is 5.69 Å². The van der Waals surface area contributed by atoms with Crippen LogP contribution in [0.25, 0.3) is 0 Å². The number of anilines is 1. The first-order chi connectivity index (χ1) is 22.4. The molecule has 1 spiro atoms. The number of esters is 1. The molecule has 0 bridgehead atoms. The van der Waals surface area contributed by atoms with Crippen molar-refractivity contribution in [3.05, 3.63) is 113 Å². The van der Waals surface area contributed by atoms with Gasteiger partial charge in [-0.05, 0) is 54.8 Å². The van der Waals surface area contributed by atoms with Crippen LogP contribution in [0.1, 0.15) is 58.3 Å². The third-order valence-corrected chi connectivity index (χ3v) is 9.24. The van der Waals surface area contributed by atoms with Crippen LogP contribution in [-0.4, -0.2) is 43.6 Å². The molecule has 6 N–H and O–H groups in total. The van der Waals surface area contributed by atoms with E-state index in [1.54, 1.807) is 54.6 Å². The standard InChI is InChI=1S/C34H31N2O10P.ClH/c37-22-11-14-26-28(18-22)45-29-19-23(38)12-15-27(29)34(26)25-13-10-21(17-24(25)33(41)46-34)35-30(39)8-4-5-9-31(40)36-32(47(42,43)44)16-20-6-2-1-3-7-20;/h1-3,6-7,10-15,17-19,32,37-38H,4-5,8-9,16H2,(H,35,39)(H,36,40)(H2,42,43,44);1H. The van der Waals surface area contributed by atoms with E-state index in [0.29, 0.717) is 40.8 Å². The van der Waals surface area contributed by atoms with Crippen LogP contribution in [-0.2, 0) is 30.9 Å². The van der Waals surface area contributed by atoms with Gasteiger partial charge in [0.05, 0.1) is 5.56 Å². The summed E-state index contributed by atoms with van der Waals surface area (Å²) >= 11 is 0. The van der Waals surface area contributed by atoms with Crippen LogP contribution >= 0.6 is 20.0 Å². The van der Waals surface area contributed by atoms with Gasteiger partial charge in [-0.3, -0.25) is 14.2 Å². The SMILES string of the molecule is Cl.O=C(CCCCC(=O)NC(Cc1ccccc1)P(=O)(O)O)Nc1ccc2c(c1)C(=O)OC21c2ccc(O)cc2Oc2cc(O)ccc21. The van der Waals surface area contributed by atoms with Crippen LogP contribution < -0.4 is 15.4 Å². The van der Waals surface area contributed by atoms with E-state index in [4.69, 9.17) is 9.47 Å². The molecule has 1 atom stereocenters. The lowest BCUT2D eigenvalue weighted by atomic mass is 9.77. The maximum Gasteiger partial charge on any atom is 0.347 e. The number of aromatic hydroxyl groups is 2.